The molecule has 112 valence electrons. The second kappa shape index (κ2) is 6.01. The van der Waals surface area contributed by atoms with Gasteiger partial charge in [-0.25, -0.2) is 9.40 Å². The summed E-state index contributed by atoms with van der Waals surface area (Å²) in [6, 6.07) is 13.9. The first-order valence-corrected chi connectivity index (χ1v) is 7.72. The van der Waals surface area contributed by atoms with E-state index < -0.39 is 0 Å². The van der Waals surface area contributed by atoms with E-state index in [2.05, 4.69) is 21.0 Å². The van der Waals surface area contributed by atoms with Gasteiger partial charge < -0.3 is 0 Å². The number of rotatable bonds is 2. The topological polar surface area (TPSA) is 32.7 Å². The van der Waals surface area contributed by atoms with E-state index in [9.17, 15) is 9.18 Å². The Morgan fingerprint density at radius 2 is 1.82 bits per heavy atom. The number of hydrogen-bond acceptors (Lipinski definition) is 2. The molecule has 2 aromatic rings. The number of carbonyl (C=O) groups excluding carboxylic acids is 1. The molecule has 1 atom stereocenters. The highest BCUT2D eigenvalue weighted by Gasteiger charge is 2.31. The van der Waals surface area contributed by atoms with Gasteiger partial charge in [-0.2, -0.15) is 5.10 Å². The Morgan fingerprint density at radius 1 is 1.18 bits per heavy atom. The summed E-state index contributed by atoms with van der Waals surface area (Å²) in [6.07, 6.45) is 0.618. The molecule has 0 spiro atoms. The maximum absolute atomic E-state index is 13.0. The summed E-state index contributed by atoms with van der Waals surface area (Å²) >= 11 is 3.41. The van der Waals surface area contributed by atoms with Gasteiger partial charge in [0.15, 0.2) is 0 Å². The molecule has 0 radical (unpaired) electrons. The Balaban J connectivity index is 1.92. The second-order valence-corrected chi connectivity index (χ2v) is 6.10. The average Bonchev–Trinajstić information content (AvgIpc) is 2.94. The molecule has 3 rings (SSSR count). The van der Waals surface area contributed by atoms with Gasteiger partial charge in [-0.15, -0.1) is 0 Å². The van der Waals surface area contributed by atoms with E-state index in [0.29, 0.717) is 6.42 Å². The van der Waals surface area contributed by atoms with Crippen molar-refractivity contribution in [3.05, 3.63) is 69.9 Å². The lowest BCUT2D eigenvalue weighted by molar-refractivity contribution is -0.130. The third-order valence-corrected chi connectivity index (χ3v) is 4.19. The lowest BCUT2D eigenvalue weighted by atomic mass is 9.98. The van der Waals surface area contributed by atoms with E-state index >= 15 is 0 Å². The van der Waals surface area contributed by atoms with Crippen LogP contribution in [0.5, 0.6) is 0 Å². The van der Waals surface area contributed by atoms with Gasteiger partial charge in [0.25, 0.3) is 0 Å². The zero-order valence-electron chi connectivity index (χ0n) is 12.0. The highest BCUT2D eigenvalue weighted by Crippen LogP contribution is 2.33. The average molecular weight is 361 g/mol. The van der Waals surface area contributed by atoms with E-state index in [4.69, 9.17) is 0 Å². The largest absolute Gasteiger partial charge is 0.273 e. The molecular weight excluding hydrogens is 347 g/mol. The third kappa shape index (κ3) is 2.95. The summed E-state index contributed by atoms with van der Waals surface area (Å²) in [5, 5.41) is 5.94. The molecule has 5 heteroatoms. The van der Waals surface area contributed by atoms with E-state index in [0.717, 1.165) is 21.3 Å². The Hall–Kier alpha value is -2.01. The number of amides is 1. The molecule has 0 aromatic heterocycles. The molecule has 3 nitrogen and oxygen atoms in total. The highest BCUT2D eigenvalue weighted by atomic mass is 79.9. The van der Waals surface area contributed by atoms with E-state index in [1.165, 1.54) is 24.1 Å². The number of hydrogen-bond donors (Lipinski definition) is 0. The van der Waals surface area contributed by atoms with Gasteiger partial charge in [-0.1, -0.05) is 40.2 Å². The first-order chi connectivity index (χ1) is 10.5. The zero-order chi connectivity index (χ0) is 15.7. The Bertz CT molecular complexity index is 725. The van der Waals surface area contributed by atoms with Gasteiger partial charge in [-0.05, 0) is 35.4 Å². The molecule has 0 N–H and O–H groups in total. The fourth-order valence-corrected chi connectivity index (χ4v) is 2.83. The van der Waals surface area contributed by atoms with Crippen LogP contribution in [0.2, 0.25) is 0 Å². The van der Waals surface area contributed by atoms with Crippen LogP contribution >= 0.6 is 15.9 Å². The molecule has 0 aliphatic carbocycles. The first-order valence-electron chi connectivity index (χ1n) is 6.93. The molecule has 1 amide bonds. The van der Waals surface area contributed by atoms with Crippen molar-refractivity contribution in [2.24, 2.45) is 5.10 Å². The summed E-state index contributed by atoms with van der Waals surface area (Å²) in [4.78, 5) is 11.9. The first kappa shape index (κ1) is 14.9. The standard InChI is InChI=1S/C17H14BrFN2O/c1-11(22)21-17(13-2-6-14(18)7-3-13)10-16(20-21)12-4-8-15(19)9-5-12/h2-9,17H,10H2,1H3. The molecule has 0 bridgehead atoms. The Labute approximate surface area is 136 Å². The predicted molar refractivity (Wildman–Crippen MR) is 87.0 cm³/mol. The van der Waals surface area contributed by atoms with Gasteiger partial charge in [-0.3, -0.25) is 4.79 Å². The lowest BCUT2D eigenvalue weighted by Crippen LogP contribution is -2.24. The van der Waals surface area contributed by atoms with Gasteiger partial charge >= 0.3 is 0 Å². The van der Waals surface area contributed by atoms with Crippen molar-refractivity contribution in [2.45, 2.75) is 19.4 Å². The second-order valence-electron chi connectivity index (χ2n) is 5.19. The van der Waals surface area contributed by atoms with Crippen molar-refractivity contribution in [3.63, 3.8) is 0 Å². The molecular formula is C17H14BrFN2O. The summed E-state index contributed by atoms with van der Waals surface area (Å²) in [7, 11) is 0. The van der Waals surface area contributed by atoms with Crippen LogP contribution in [0.3, 0.4) is 0 Å². The fraction of sp³-hybridized carbons (Fsp3) is 0.176. The Morgan fingerprint density at radius 3 is 2.41 bits per heavy atom. The van der Waals surface area contributed by atoms with Crippen LogP contribution < -0.4 is 0 Å². The van der Waals surface area contributed by atoms with Crippen molar-refractivity contribution in [1.82, 2.24) is 5.01 Å². The van der Waals surface area contributed by atoms with Crippen molar-refractivity contribution < 1.29 is 9.18 Å². The zero-order valence-corrected chi connectivity index (χ0v) is 13.5. The van der Waals surface area contributed by atoms with Crippen molar-refractivity contribution >= 4 is 27.5 Å². The maximum atomic E-state index is 13.0. The van der Waals surface area contributed by atoms with E-state index in [1.54, 1.807) is 12.1 Å². The summed E-state index contributed by atoms with van der Waals surface area (Å²) in [6.45, 7) is 1.50. The number of carbonyl (C=O) groups is 1. The number of hydrazone groups is 1. The molecule has 0 saturated carbocycles. The molecule has 1 aliphatic heterocycles. The highest BCUT2D eigenvalue weighted by molar-refractivity contribution is 9.10. The van der Waals surface area contributed by atoms with Crippen LogP contribution in [0.15, 0.2) is 58.1 Å². The third-order valence-electron chi connectivity index (χ3n) is 3.67. The summed E-state index contributed by atoms with van der Waals surface area (Å²) < 4.78 is 14.0. The molecule has 0 fully saturated rings. The minimum Gasteiger partial charge on any atom is -0.273 e. The van der Waals surface area contributed by atoms with Gasteiger partial charge in [0.2, 0.25) is 5.91 Å². The van der Waals surface area contributed by atoms with Crippen LogP contribution in [0.25, 0.3) is 0 Å². The van der Waals surface area contributed by atoms with Crippen LogP contribution in [0.1, 0.15) is 30.5 Å². The van der Waals surface area contributed by atoms with Crippen molar-refractivity contribution in [1.29, 1.82) is 0 Å². The van der Waals surface area contributed by atoms with Crippen LogP contribution in [-0.4, -0.2) is 16.6 Å². The minimum absolute atomic E-state index is 0.106. The lowest BCUT2D eigenvalue weighted by Gasteiger charge is -2.20. The SMILES string of the molecule is CC(=O)N1N=C(c2ccc(F)cc2)CC1c1ccc(Br)cc1. The normalized spacial score (nSPS) is 17.5. The van der Waals surface area contributed by atoms with Crippen LogP contribution in [-0.2, 0) is 4.79 Å². The van der Waals surface area contributed by atoms with E-state index in [1.807, 2.05) is 24.3 Å². The monoisotopic (exact) mass is 360 g/mol. The molecule has 1 aliphatic rings. The van der Waals surface area contributed by atoms with Gasteiger partial charge in [0.05, 0.1) is 11.8 Å². The van der Waals surface area contributed by atoms with Crippen LogP contribution in [0, 0.1) is 5.82 Å². The van der Waals surface area contributed by atoms with E-state index in [-0.39, 0.29) is 17.8 Å². The molecule has 1 unspecified atom stereocenters. The number of nitrogens with zero attached hydrogens (tertiary/aromatic N) is 2. The summed E-state index contributed by atoms with van der Waals surface area (Å²) in [5.74, 6) is -0.389. The predicted octanol–water partition coefficient (Wildman–Crippen LogP) is 4.29. The minimum atomic E-state index is -0.282. The van der Waals surface area contributed by atoms with Crippen molar-refractivity contribution in [2.75, 3.05) is 0 Å². The molecule has 2 aromatic carbocycles. The summed E-state index contributed by atoms with van der Waals surface area (Å²) in [5.41, 5.74) is 2.66. The van der Waals surface area contributed by atoms with Gasteiger partial charge in [0.1, 0.15) is 5.82 Å². The fourth-order valence-electron chi connectivity index (χ4n) is 2.56. The smallest absolute Gasteiger partial charge is 0.240 e. The van der Waals surface area contributed by atoms with Crippen molar-refractivity contribution in [3.8, 4) is 0 Å². The number of benzene rings is 2. The van der Waals surface area contributed by atoms with Crippen LogP contribution in [0.4, 0.5) is 4.39 Å². The Kier molecular flexibility index (Phi) is 4.07. The molecule has 0 saturated heterocycles. The quantitative estimate of drug-likeness (QED) is 0.786. The molecule has 1 heterocycles. The molecule has 22 heavy (non-hydrogen) atoms. The number of halogens is 2. The van der Waals surface area contributed by atoms with Gasteiger partial charge in [0, 0.05) is 17.8 Å². The maximum Gasteiger partial charge on any atom is 0.240 e.